The van der Waals surface area contributed by atoms with Gasteiger partial charge in [-0.3, -0.25) is 0 Å². The summed E-state index contributed by atoms with van der Waals surface area (Å²) in [4.78, 5) is 0. The van der Waals surface area contributed by atoms with E-state index in [0.29, 0.717) is 16.6 Å². The Balaban J connectivity index is 2.25. The highest BCUT2D eigenvalue weighted by Crippen LogP contribution is 2.40. The molecule has 1 aromatic heterocycles. The lowest BCUT2D eigenvalue weighted by atomic mass is 9.97. The molecule has 21 heavy (non-hydrogen) atoms. The van der Waals surface area contributed by atoms with Crippen molar-refractivity contribution in [1.82, 2.24) is 5.16 Å². The van der Waals surface area contributed by atoms with E-state index in [9.17, 15) is 0 Å². The van der Waals surface area contributed by atoms with Crippen LogP contribution < -0.4 is 5.73 Å². The molecule has 1 heterocycles. The van der Waals surface area contributed by atoms with E-state index >= 15 is 0 Å². The van der Waals surface area contributed by atoms with Crippen LogP contribution in [0.25, 0.3) is 22.5 Å². The van der Waals surface area contributed by atoms with Crippen LogP contribution in [0.4, 0.5) is 5.82 Å². The van der Waals surface area contributed by atoms with Crippen LogP contribution in [-0.4, -0.2) is 5.16 Å². The Morgan fingerprint density at radius 3 is 2.52 bits per heavy atom. The van der Waals surface area contributed by atoms with Gasteiger partial charge in [0.25, 0.3) is 0 Å². The van der Waals surface area contributed by atoms with E-state index in [1.54, 1.807) is 0 Å². The molecule has 0 saturated heterocycles. The van der Waals surface area contributed by atoms with Crippen LogP contribution in [0.15, 0.2) is 47.0 Å². The molecule has 0 aliphatic carbocycles. The van der Waals surface area contributed by atoms with Gasteiger partial charge in [-0.15, -0.1) is 0 Å². The molecule has 0 saturated carbocycles. The van der Waals surface area contributed by atoms with E-state index in [2.05, 4.69) is 18.1 Å². The highest BCUT2D eigenvalue weighted by molar-refractivity contribution is 6.33. The van der Waals surface area contributed by atoms with Crippen molar-refractivity contribution in [2.24, 2.45) is 0 Å². The maximum absolute atomic E-state index is 6.29. The van der Waals surface area contributed by atoms with Crippen LogP contribution in [0.1, 0.15) is 11.1 Å². The van der Waals surface area contributed by atoms with Crippen LogP contribution in [0, 0.1) is 13.8 Å². The fourth-order valence-corrected chi connectivity index (χ4v) is 2.71. The lowest BCUT2D eigenvalue weighted by Crippen LogP contribution is -1.91. The van der Waals surface area contributed by atoms with E-state index in [1.807, 2.05) is 43.3 Å². The SMILES string of the molecule is Cc1ccc(-c2onc(N)c2-c2ccccc2Cl)c(C)c1. The molecule has 3 nitrogen and oxygen atoms in total. The third-order valence-electron chi connectivity index (χ3n) is 3.49. The maximum Gasteiger partial charge on any atom is 0.177 e. The van der Waals surface area contributed by atoms with Gasteiger partial charge in [-0.2, -0.15) is 0 Å². The van der Waals surface area contributed by atoms with Crippen molar-refractivity contribution in [3.63, 3.8) is 0 Å². The number of nitrogen functional groups attached to an aromatic ring is 1. The summed E-state index contributed by atoms with van der Waals surface area (Å²) in [5.74, 6) is 0.996. The number of aromatic nitrogens is 1. The van der Waals surface area contributed by atoms with Crippen molar-refractivity contribution >= 4 is 17.4 Å². The van der Waals surface area contributed by atoms with Crippen molar-refractivity contribution in [2.75, 3.05) is 5.73 Å². The summed E-state index contributed by atoms with van der Waals surface area (Å²) in [7, 11) is 0. The number of halogens is 1. The Hall–Kier alpha value is -2.26. The average molecular weight is 299 g/mol. The Labute approximate surface area is 128 Å². The van der Waals surface area contributed by atoms with Gasteiger partial charge in [-0.25, -0.2) is 0 Å². The number of nitrogens with two attached hydrogens (primary N) is 1. The maximum atomic E-state index is 6.29. The Morgan fingerprint density at radius 2 is 1.81 bits per heavy atom. The van der Waals surface area contributed by atoms with Crippen LogP contribution in [0.3, 0.4) is 0 Å². The van der Waals surface area contributed by atoms with Crippen LogP contribution >= 0.6 is 11.6 Å². The molecule has 0 bridgehead atoms. The predicted molar refractivity (Wildman–Crippen MR) is 86.3 cm³/mol. The molecule has 0 unspecified atom stereocenters. The third-order valence-corrected chi connectivity index (χ3v) is 3.82. The molecule has 4 heteroatoms. The quantitative estimate of drug-likeness (QED) is 0.735. The van der Waals surface area contributed by atoms with Gasteiger partial charge in [-0.1, -0.05) is 58.7 Å². The first-order chi connectivity index (χ1) is 10.1. The highest BCUT2D eigenvalue weighted by Gasteiger charge is 2.20. The van der Waals surface area contributed by atoms with E-state index in [4.69, 9.17) is 21.9 Å². The molecule has 0 spiro atoms. The van der Waals surface area contributed by atoms with Gasteiger partial charge in [0.15, 0.2) is 11.6 Å². The molecule has 0 fully saturated rings. The zero-order chi connectivity index (χ0) is 15.0. The lowest BCUT2D eigenvalue weighted by Gasteiger charge is -2.08. The molecule has 0 amide bonds. The molecule has 3 aromatic rings. The number of rotatable bonds is 2. The van der Waals surface area contributed by atoms with Crippen molar-refractivity contribution in [3.8, 4) is 22.5 Å². The Kier molecular flexibility index (Phi) is 3.43. The zero-order valence-corrected chi connectivity index (χ0v) is 12.6. The summed E-state index contributed by atoms with van der Waals surface area (Å²) in [6.45, 7) is 4.10. The molecule has 0 radical (unpaired) electrons. The molecule has 0 aliphatic heterocycles. The summed E-state index contributed by atoms with van der Waals surface area (Å²) in [5.41, 5.74) is 10.8. The van der Waals surface area contributed by atoms with E-state index in [-0.39, 0.29) is 0 Å². The zero-order valence-electron chi connectivity index (χ0n) is 11.9. The highest BCUT2D eigenvalue weighted by atomic mass is 35.5. The van der Waals surface area contributed by atoms with Gasteiger partial charge < -0.3 is 10.3 Å². The van der Waals surface area contributed by atoms with Crippen molar-refractivity contribution in [2.45, 2.75) is 13.8 Å². The minimum absolute atomic E-state index is 0.345. The largest absolute Gasteiger partial charge is 0.380 e. The second-order valence-corrected chi connectivity index (χ2v) is 5.48. The van der Waals surface area contributed by atoms with Crippen LogP contribution in [0.5, 0.6) is 0 Å². The van der Waals surface area contributed by atoms with Crippen LogP contribution in [-0.2, 0) is 0 Å². The van der Waals surface area contributed by atoms with E-state index in [1.165, 1.54) is 5.56 Å². The van der Waals surface area contributed by atoms with Gasteiger partial charge in [0.2, 0.25) is 0 Å². The lowest BCUT2D eigenvalue weighted by molar-refractivity contribution is 0.436. The first kappa shape index (κ1) is 13.7. The predicted octanol–water partition coefficient (Wildman–Crippen LogP) is 4.86. The van der Waals surface area contributed by atoms with Crippen molar-refractivity contribution in [3.05, 3.63) is 58.6 Å². The number of aryl methyl sites for hydroxylation is 2. The fourth-order valence-electron chi connectivity index (χ4n) is 2.48. The van der Waals surface area contributed by atoms with Gasteiger partial charge in [0.1, 0.15) is 0 Å². The summed E-state index contributed by atoms with van der Waals surface area (Å²) in [6, 6.07) is 13.7. The first-order valence-corrected chi connectivity index (χ1v) is 7.03. The molecular weight excluding hydrogens is 284 g/mol. The summed E-state index contributed by atoms with van der Waals surface area (Å²) < 4.78 is 5.48. The number of hydrogen-bond donors (Lipinski definition) is 1. The van der Waals surface area contributed by atoms with Gasteiger partial charge in [0, 0.05) is 16.1 Å². The second-order valence-electron chi connectivity index (χ2n) is 5.07. The topological polar surface area (TPSA) is 52.0 Å². The van der Waals surface area contributed by atoms with E-state index < -0.39 is 0 Å². The standard InChI is InChI=1S/C17H15ClN2O/c1-10-7-8-12(11(2)9-10)16-15(17(19)20-21-16)13-5-3-4-6-14(13)18/h3-9H,1-2H3,(H2,19,20). The third kappa shape index (κ3) is 2.41. The first-order valence-electron chi connectivity index (χ1n) is 6.65. The summed E-state index contributed by atoms with van der Waals surface area (Å²) in [6.07, 6.45) is 0. The van der Waals surface area contributed by atoms with Gasteiger partial charge in [0.05, 0.1) is 5.56 Å². The monoisotopic (exact) mass is 298 g/mol. The number of benzene rings is 2. The molecule has 0 atom stereocenters. The number of hydrogen-bond acceptors (Lipinski definition) is 3. The normalized spacial score (nSPS) is 10.8. The van der Waals surface area contributed by atoms with Crippen LogP contribution in [0.2, 0.25) is 5.02 Å². The average Bonchev–Trinajstić information content (AvgIpc) is 2.81. The Morgan fingerprint density at radius 1 is 1.05 bits per heavy atom. The summed E-state index contributed by atoms with van der Waals surface area (Å²) >= 11 is 6.29. The number of nitrogens with zero attached hydrogens (tertiary/aromatic N) is 1. The molecule has 106 valence electrons. The smallest absolute Gasteiger partial charge is 0.177 e. The number of anilines is 1. The van der Waals surface area contributed by atoms with Gasteiger partial charge >= 0.3 is 0 Å². The van der Waals surface area contributed by atoms with Gasteiger partial charge in [-0.05, 0) is 25.5 Å². The minimum atomic E-state index is 0.345. The molecular formula is C17H15ClN2O. The minimum Gasteiger partial charge on any atom is -0.380 e. The van der Waals surface area contributed by atoms with Crippen molar-refractivity contribution < 1.29 is 4.52 Å². The molecule has 2 aromatic carbocycles. The van der Waals surface area contributed by atoms with E-state index in [0.717, 1.165) is 22.3 Å². The molecule has 2 N–H and O–H groups in total. The second kappa shape index (κ2) is 5.26. The van der Waals surface area contributed by atoms with Crippen molar-refractivity contribution in [1.29, 1.82) is 0 Å². The Bertz CT molecular complexity index is 808. The fraction of sp³-hybridized carbons (Fsp3) is 0.118. The summed E-state index contributed by atoms with van der Waals surface area (Å²) in [5, 5.41) is 4.54. The molecule has 3 rings (SSSR count). The molecule has 0 aliphatic rings.